The number of hydrogen-bond donors (Lipinski definition) is 0. The molecule has 1 aromatic rings. The first kappa shape index (κ1) is 27.0. The number of nitro benzene ring substituents is 1. The largest absolute Gasteiger partial charge is 0.513 e. The van der Waals surface area contributed by atoms with Crippen molar-refractivity contribution in [1.82, 2.24) is 0 Å². The molecule has 0 spiro atoms. The van der Waals surface area contributed by atoms with Crippen molar-refractivity contribution in [2.75, 3.05) is 13.2 Å². The van der Waals surface area contributed by atoms with E-state index in [0.717, 1.165) is 0 Å². The summed E-state index contributed by atoms with van der Waals surface area (Å²) in [5.74, 6) is -1.21. The summed E-state index contributed by atoms with van der Waals surface area (Å²) in [5.41, 5.74) is -0.134. The van der Waals surface area contributed by atoms with Crippen LogP contribution in [0.25, 0.3) is 0 Å². The van der Waals surface area contributed by atoms with Crippen LogP contribution < -0.4 is 4.74 Å². The molecule has 0 bridgehead atoms. The summed E-state index contributed by atoms with van der Waals surface area (Å²) in [6, 6.07) is 4.97. The second-order valence-electron chi connectivity index (χ2n) is 7.63. The second-order valence-corrected chi connectivity index (χ2v) is 7.63. The summed E-state index contributed by atoms with van der Waals surface area (Å²) in [7, 11) is 0. The van der Waals surface area contributed by atoms with Gasteiger partial charge in [-0.25, -0.2) is 4.79 Å². The van der Waals surface area contributed by atoms with Gasteiger partial charge in [-0.05, 0) is 18.6 Å². The number of non-ortho nitro benzene ring substituents is 1. The van der Waals surface area contributed by atoms with Crippen LogP contribution in [0.1, 0.15) is 40.5 Å². The first-order valence-electron chi connectivity index (χ1n) is 10.8. The van der Waals surface area contributed by atoms with Gasteiger partial charge in [-0.15, -0.1) is 0 Å². The standard InChI is InChI=1S/C22H29NO11/c1-5-18-13(2)19(31-14(3)24)20(32-15(4)25)21(34-18)29-11-6-12-30-22(26)33-17-9-7-16(8-10-17)23(27)28/h7-10,13,18-21H,5-6,11-12H2,1-4H3/t13-,18-,19+,20-,21-/m1/s1. The van der Waals surface area contributed by atoms with Crippen LogP contribution >= 0.6 is 0 Å². The van der Waals surface area contributed by atoms with E-state index in [-0.39, 0.29) is 43.1 Å². The maximum Gasteiger partial charge on any atom is 0.513 e. The maximum atomic E-state index is 11.8. The van der Waals surface area contributed by atoms with Crippen molar-refractivity contribution in [1.29, 1.82) is 0 Å². The van der Waals surface area contributed by atoms with E-state index in [1.165, 1.54) is 38.1 Å². The molecule has 1 aliphatic rings. The van der Waals surface area contributed by atoms with Crippen LogP contribution in [0, 0.1) is 16.0 Å². The SMILES string of the molecule is CC[C@H]1O[C@@H](OCCCOC(=O)Oc2ccc([N+](=O)[O-])cc2)[C@H](OC(C)=O)[C@@H](OC(C)=O)[C@@H]1C. The molecule has 1 aromatic carbocycles. The molecule has 0 N–H and O–H groups in total. The van der Waals surface area contributed by atoms with Gasteiger partial charge in [0.1, 0.15) is 11.9 Å². The fourth-order valence-electron chi connectivity index (χ4n) is 3.50. The Labute approximate surface area is 196 Å². The number of ether oxygens (including phenoxy) is 6. The summed E-state index contributed by atoms with van der Waals surface area (Å²) in [5, 5.41) is 10.6. The quantitative estimate of drug-likeness (QED) is 0.121. The van der Waals surface area contributed by atoms with Crippen LogP contribution in [-0.4, -0.2) is 60.8 Å². The number of benzene rings is 1. The number of nitro groups is 1. The molecule has 1 saturated heterocycles. The Bertz CT molecular complexity index is 857. The topological polar surface area (TPSA) is 150 Å². The fraction of sp³-hybridized carbons (Fsp3) is 0.591. The predicted molar refractivity (Wildman–Crippen MR) is 115 cm³/mol. The highest BCUT2D eigenvalue weighted by atomic mass is 16.7. The van der Waals surface area contributed by atoms with Gasteiger partial charge in [0, 0.05) is 38.3 Å². The van der Waals surface area contributed by atoms with Crippen LogP contribution in [0.2, 0.25) is 0 Å². The number of carbonyl (C=O) groups excluding carboxylic acids is 3. The molecule has 0 aromatic heterocycles. The lowest BCUT2D eigenvalue weighted by Gasteiger charge is -2.43. The number of rotatable bonds is 10. The summed E-state index contributed by atoms with van der Waals surface area (Å²) >= 11 is 0. The zero-order valence-electron chi connectivity index (χ0n) is 19.5. The van der Waals surface area contributed by atoms with Crippen molar-refractivity contribution in [2.24, 2.45) is 5.92 Å². The van der Waals surface area contributed by atoms with Gasteiger partial charge in [-0.2, -0.15) is 0 Å². The zero-order chi connectivity index (χ0) is 25.3. The Morgan fingerprint density at radius 1 is 1.03 bits per heavy atom. The molecule has 0 aliphatic carbocycles. The van der Waals surface area contributed by atoms with Crippen LogP contribution in [0.5, 0.6) is 5.75 Å². The Kier molecular flexibility index (Phi) is 10.2. The maximum absolute atomic E-state index is 11.8. The first-order valence-corrected chi connectivity index (χ1v) is 10.8. The van der Waals surface area contributed by atoms with E-state index in [4.69, 9.17) is 28.4 Å². The number of hydrogen-bond acceptors (Lipinski definition) is 11. The van der Waals surface area contributed by atoms with Crippen LogP contribution in [0.3, 0.4) is 0 Å². The number of nitrogens with zero attached hydrogens (tertiary/aromatic N) is 1. The molecule has 1 fully saturated rings. The van der Waals surface area contributed by atoms with E-state index in [2.05, 4.69) is 0 Å². The van der Waals surface area contributed by atoms with E-state index in [1.807, 2.05) is 13.8 Å². The summed E-state index contributed by atoms with van der Waals surface area (Å²) in [6.45, 7) is 6.32. The van der Waals surface area contributed by atoms with Gasteiger partial charge >= 0.3 is 18.1 Å². The molecular formula is C22H29NO11. The lowest BCUT2D eigenvalue weighted by Crippen LogP contribution is -2.57. The molecule has 0 radical (unpaired) electrons. The van der Waals surface area contributed by atoms with E-state index in [9.17, 15) is 24.5 Å². The highest BCUT2D eigenvalue weighted by Crippen LogP contribution is 2.32. The third-order valence-corrected chi connectivity index (χ3v) is 5.05. The molecule has 188 valence electrons. The van der Waals surface area contributed by atoms with E-state index in [0.29, 0.717) is 6.42 Å². The van der Waals surface area contributed by atoms with Gasteiger partial charge in [-0.3, -0.25) is 19.7 Å². The average molecular weight is 483 g/mol. The van der Waals surface area contributed by atoms with Crippen molar-refractivity contribution in [3.05, 3.63) is 34.4 Å². The van der Waals surface area contributed by atoms with Crippen molar-refractivity contribution >= 4 is 23.8 Å². The molecule has 1 aliphatic heterocycles. The van der Waals surface area contributed by atoms with Gasteiger partial charge in [0.25, 0.3) is 5.69 Å². The molecule has 0 unspecified atom stereocenters. The smallest absolute Gasteiger partial charge is 0.458 e. The molecule has 34 heavy (non-hydrogen) atoms. The van der Waals surface area contributed by atoms with E-state index < -0.39 is 41.5 Å². The Hall–Kier alpha value is -3.25. The Morgan fingerprint density at radius 3 is 2.21 bits per heavy atom. The molecule has 5 atom stereocenters. The highest BCUT2D eigenvalue weighted by molar-refractivity contribution is 5.67. The van der Waals surface area contributed by atoms with Gasteiger partial charge in [0.15, 0.2) is 12.4 Å². The molecule has 1 heterocycles. The van der Waals surface area contributed by atoms with Crippen molar-refractivity contribution in [3.8, 4) is 5.75 Å². The van der Waals surface area contributed by atoms with Crippen LogP contribution in [0.15, 0.2) is 24.3 Å². The van der Waals surface area contributed by atoms with E-state index >= 15 is 0 Å². The first-order chi connectivity index (χ1) is 16.1. The minimum Gasteiger partial charge on any atom is -0.458 e. The number of esters is 2. The number of carbonyl (C=O) groups is 3. The molecule has 0 amide bonds. The van der Waals surface area contributed by atoms with Crippen molar-refractivity contribution in [3.63, 3.8) is 0 Å². The van der Waals surface area contributed by atoms with Gasteiger partial charge in [0.2, 0.25) is 0 Å². The minimum absolute atomic E-state index is 0.0439. The lowest BCUT2D eigenvalue weighted by atomic mass is 9.89. The van der Waals surface area contributed by atoms with Crippen LogP contribution in [0.4, 0.5) is 10.5 Å². The monoisotopic (exact) mass is 483 g/mol. The molecule has 12 heteroatoms. The molecular weight excluding hydrogens is 454 g/mol. The van der Waals surface area contributed by atoms with Gasteiger partial charge in [0.05, 0.1) is 24.2 Å². The predicted octanol–water partition coefficient (Wildman–Crippen LogP) is 3.15. The van der Waals surface area contributed by atoms with Gasteiger partial charge in [-0.1, -0.05) is 13.8 Å². The van der Waals surface area contributed by atoms with Crippen molar-refractivity contribution < 1.29 is 47.7 Å². The average Bonchev–Trinajstić information content (AvgIpc) is 2.77. The third-order valence-electron chi connectivity index (χ3n) is 5.05. The van der Waals surface area contributed by atoms with E-state index in [1.54, 1.807) is 0 Å². The fourth-order valence-corrected chi connectivity index (χ4v) is 3.50. The Balaban J connectivity index is 1.85. The molecule has 0 saturated carbocycles. The zero-order valence-corrected chi connectivity index (χ0v) is 19.5. The highest BCUT2D eigenvalue weighted by Gasteiger charge is 2.47. The van der Waals surface area contributed by atoms with Crippen molar-refractivity contribution in [2.45, 2.75) is 65.1 Å². The molecule has 12 nitrogen and oxygen atoms in total. The van der Waals surface area contributed by atoms with Crippen LogP contribution in [-0.2, 0) is 33.3 Å². The van der Waals surface area contributed by atoms with Gasteiger partial charge < -0.3 is 28.4 Å². The third kappa shape index (κ3) is 7.96. The molecule has 2 rings (SSSR count). The normalized spacial score (nSPS) is 24.1. The minimum atomic E-state index is -0.977. The summed E-state index contributed by atoms with van der Waals surface area (Å²) in [4.78, 5) is 45.1. The lowest BCUT2D eigenvalue weighted by molar-refractivity contribution is -0.384. The summed E-state index contributed by atoms with van der Waals surface area (Å²) < 4.78 is 32.4. The second kappa shape index (κ2) is 12.8. The summed E-state index contributed by atoms with van der Waals surface area (Å²) in [6.07, 6.45) is -3.02. The Morgan fingerprint density at radius 2 is 1.65 bits per heavy atom.